The van der Waals surface area contributed by atoms with Crippen molar-refractivity contribution in [2.75, 3.05) is 0 Å². The summed E-state index contributed by atoms with van der Waals surface area (Å²) in [5.74, 6) is 0. The van der Waals surface area contributed by atoms with E-state index in [0.717, 1.165) is 0 Å². The van der Waals surface area contributed by atoms with E-state index in [-0.39, 0.29) is 0 Å². The van der Waals surface area contributed by atoms with Gasteiger partial charge in [-0.1, -0.05) is 0 Å². The molecule has 1 nitrogen and oxygen atoms in total. The number of hydrogen-bond donors (Lipinski definition) is 1. The average molecular weight is 205 g/mol. The van der Waals surface area contributed by atoms with Gasteiger partial charge in [-0.3, -0.25) is 0 Å². The molecule has 1 N–H and O–H groups in total. The molecule has 0 saturated carbocycles. The molecule has 0 atom stereocenters. The second kappa shape index (κ2) is 2.43. The van der Waals surface area contributed by atoms with Gasteiger partial charge >= 0.3 is 61.8 Å². The van der Waals surface area contributed by atoms with Crippen LogP contribution in [0.1, 0.15) is 0 Å². The van der Waals surface area contributed by atoms with Gasteiger partial charge in [0.15, 0.2) is 0 Å². The van der Waals surface area contributed by atoms with Crippen molar-refractivity contribution in [2.24, 2.45) is 0 Å². The second-order valence-electron chi connectivity index (χ2n) is 2.54. The van der Waals surface area contributed by atoms with Crippen molar-refractivity contribution >= 4 is 26.9 Å². The Morgan fingerprint density at radius 3 is 2.44 bits per heavy atom. The first-order valence-corrected chi connectivity index (χ1v) is 7.66. The molecule has 0 aliphatic carbocycles. The minimum absolute atomic E-state index is 0.463. The zero-order valence-electron chi connectivity index (χ0n) is 5.59. The van der Waals surface area contributed by atoms with Crippen molar-refractivity contribution < 1.29 is 4.80 Å². The summed E-state index contributed by atoms with van der Waals surface area (Å²) in [4.78, 5) is 11.7. The second-order valence-corrected chi connectivity index (χ2v) is 8.99. The van der Waals surface area contributed by atoms with Gasteiger partial charge in [0.25, 0.3) is 0 Å². The van der Waals surface area contributed by atoms with E-state index in [4.69, 9.17) is 0 Å². The van der Waals surface area contributed by atoms with Crippen LogP contribution in [-0.2, 0) is 0 Å². The maximum absolute atomic E-state index is 9.56. The molecule has 0 saturated heterocycles. The van der Waals surface area contributed by atoms with Crippen molar-refractivity contribution in [2.45, 2.75) is 13.1 Å². The SMILES string of the molecule is C[Si](C)(O)c1ccc[se]1. The summed E-state index contributed by atoms with van der Waals surface area (Å²) in [7, 11) is -1.90. The molecule has 3 heteroatoms. The zero-order valence-corrected chi connectivity index (χ0v) is 8.30. The van der Waals surface area contributed by atoms with E-state index in [1.807, 2.05) is 19.2 Å². The molecule has 50 valence electrons. The summed E-state index contributed by atoms with van der Waals surface area (Å²) >= 11 is 0.463. The van der Waals surface area contributed by atoms with Crippen LogP contribution in [0.3, 0.4) is 0 Å². The standard InChI is InChI=1S/C6H10OSeSi/c1-9(2,7)6-4-3-5-8-6/h3-5,7H,1-2H3. The first-order valence-electron chi connectivity index (χ1n) is 2.87. The molecule has 0 unspecified atom stereocenters. The molecular formula is C6H10OSeSi. The van der Waals surface area contributed by atoms with Crippen LogP contribution in [0.5, 0.6) is 0 Å². The molecule has 0 amide bonds. The van der Waals surface area contributed by atoms with Crippen LogP contribution in [0.2, 0.25) is 13.1 Å². The van der Waals surface area contributed by atoms with E-state index in [9.17, 15) is 4.80 Å². The third-order valence-electron chi connectivity index (χ3n) is 1.12. The number of hydrogen-bond acceptors (Lipinski definition) is 1. The molecule has 0 spiro atoms. The Bertz CT molecular complexity index is 175. The van der Waals surface area contributed by atoms with E-state index in [1.54, 1.807) is 0 Å². The molecule has 0 aliphatic rings. The summed E-state index contributed by atoms with van der Waals surface area (Å²) < 4.78 is 1.30. The van der Waals surface area contributed by atoms with E-state index < -0.39 is 8.32 Å². The third kappa shape index (κ3) is 1.80. The Morgan fingerprint density at radius 2 is 2.22 bits per heavy atom. The minimum atomic E-state index is -1.90. The molecule has 0 fully saturated rings. The van der Waals surface area contributed by atoms with Gasteiger partial charge in [0, 0.05) is 0 Å². The number of rotatable bonds is 1. The van der Waals surface area contributed by atoms with Crippen LogP contribution < -0.4 is 4.06 Å². The first-order chi connectivity index (χ1) is 4.11. The molecule has 0 aliphatic heterocycles. The van der Waals surface area contributed by atoms with Gasteiger partial charge in [-0.05, 0) is 0 Å². The van der Waals surface area contributed by atoms with Crippen molar-refractivity contribution in [3.05, 3.63) is 17.1 Å². The van der Waals surface area contributed by atoms with Crippen LogP contribution in [0.4, 0.5) is 0 Å². The van der Waals surface area contributed by atoms with Crippen LogP contribution in [0.25, 0.3) is 0 Å². The molecule has 0 radical (unpaired) electrons. The van der Waals surface area contributed by atoms with Gasteiger partial charge in [0.1, 0.15) is 0 Å². The van der Waals surface area contributed by atoms with Gasteiger partial charge < -0.3 is 0 Å². The summed E-state index contributed by atoms with van der Waals surface area (Å²) in [5.41, 5.74) is 0. The van der Waals surface area contributed by atoms with Crippen molar-refractivity contribution in [3.63, 3.8) is 0 Å². The van der Waals surface area contributed by atoms with Gasteiger partial charge in [0.2, 0.25) is 0 Å². The van der Waals surface area contributed by atoms with E-state index >= 15 is 0 Å². The molecule has 9 heavy (non-hydrogen) atoms. The predicted molar refractivity (Wildman–Crippen MR) is 42.7 cm³/mol. The van der Waals surface area contributed by atoms with E-state index in [0.29, 0.717) is 14.5 Å². The van der Waals surface area contributed by atoms with Gasteiger partial charge in [0.05, 0.1) is 0 Å². The summed E-state index contributed by atoms with van der Waals surface area (Å²) in [6.07, 6.45) is 0. The molecule has 1 aromatic rings. The van der Waals surface area contributed by atoms with Crippen LogP contribution >= 0.6 is 0 Å². The Hall–Kier alpha value is 0.176. The van der Waals surface area contributed by atoms with Gasteiger partial charge in [-0.2, -0.15) is 0 Å². The quantitative estimate of drug-likeness (QED) is 0.647. The van der Waals surface area contributed by atoms with Crippen LogP contribution in [-0.4, -0.2) is 27.6 Å². The fourth-order valence-corrected chi connectivity index (χ4v) is 4.56. The van der Waals surface area contributed by atoms with E-state index in [2.05, 4.69) is 11.0 Å². The molecule has 1 aromatic heterocycles. The Morgan fingerprint density at radius 1 is 1.56 bits per heavy atom. The molecule has 1 heterocycles. The topological polar surface area (TPSA) is 20.2 Å². The maximum atomic E-state index is 9.56. The van der Waals surface area contributed by atoms with Crippen molar-refractivity contribution in [1.29, 1.82) is 0 Å². The summed E-state index contributed by atoms with van der Waals surface area (Å²) in [6.45, 7) is 3.93. The van der Waals surface area contributed by atoms with Crippen LogP contribution in [0.15, 0.2) is 17.1 Å². The molecule has 0 aromatic carbocycles. The summed E-state index contributed by atoms with van der Waals surface area (Å²) in [6, 6.07) is 4.10. The monoisotopic (exact) mass is 206 g/mol. The zero-order chi connectivity index (χ0) is 6.91. The third-order valence-corrected chi connectivity index (χ3v) is 7.69. The Balaban J connectivity index is 2.90. The molecular weight excluding hydrogens is 195 g/mol. The normalized spacial score (nSPS) is 11.9. The van der Waals surface area contributed by atoms with Crippen LogP contribution in [0, 0.1) is 0 Å². The van der Waals surface area contributed by atoms with E-state index in [1.165, 1.54) is 4.06 Å². The fraction of sp³-hybridized carbons (Fsp3) is 0.333. The Kier molecular flexibility index (Phi) is 1.96. The van der Waals surface area contributed by atoms with Gasteiger partial charge in [-0.25, -0.2) is 0 Å². The van der Waals surface area contributed by atoms with Gasteiger partial charge in [-0.15, -0.1) is 0 Å². The average Bonchev–Trinajstić information content (AvgIpc) is 2.08. The molecule has 0 bridgehead atoms. The summed E-state index contributed by atoms with van der Waals surface area (Å²) in [5, 5.41) is 0. The van der Waals surface area contributed by atoms with Crippen molar-refractivity contribution in [3.8, 4) is 0 Å². The first kappa shape index (κ1) is 7.29. The Labute approximate surface area is 62.2 Å². The van der Waals surface area contributed by atoms with Crippen molar-refractivity contribution in [1.82, 2.24) is 0 Å². The fourth-order valence-electron chi connectivity index (χ4n) is 0.627. The molecule has 1 rings (SSSR count). The predicted octanol–water partition coefficient (Wildman–Crippen LogP) is 0.148.